The molecule has 1 N–H and O–H groups in total. The Bertz CT molecular complexity index is 1750. The number of anilines is 1. The Morgan fingerprint density at radius 2 is 1.42 bits per heavy atom. The maximum atomic E-state index is 14.7. The molecule has 0 aromatic heterocycles. The maximum Gasteiger partial charge on any atom is 0.264 e. The molecule has 1 unspecified atom stereocenters. The van der Waals surface area contributed by atoms with Crippen LogP contribution in [0.3, 0.4) is 0 Å². The van der Waals surface area contributed by atoms with Crippen LogP contribution >= 0.6 is 0 Å². The molecule has 252 valence electrons. The molecule has 1 atom stereocenters. The zero-order valence-electron chi connectivity index (χ0n) is 28.0. The van der Waals surface area contributed by atoms with E-state index in [1.807, 2.05) is 87.5 Å². The molecule has 4 aromatic rings. The summed E-state index contributed by atoms with van der Waals surface area (Å²) in [4.78, 5) is 30.4. The minimum absolute atomic E-state index is 0.0317. The Morgan fingerprint density at radius 3 is 2.02 bits per heavy atom. The van der Waals surface area contributed by atoms with Crippen LogP contribution in [-0.2, 0) is 32.6 Å². The molecule has 0 spiro atoms. The number of ether oxygens (including phenoxy) is 1. The number of hydrogen-bond donors (Lipinski definition) is 1. The highest BCUT2D eigenvalue weighted by atomic mass is 32.2. The lowest BCUT2D eigenvalue weighted by atomic mass is 10.0. The summed E-state index contributed by atoms with van der Waals surface area (Å²) in [7, 11) is -4.20. The summed E-state index contributed by atoms with van der Waals surface area (Å²) in [5.74, 6) is -0.161. The molecule has 5 rings (SSSR count). The molecule has 1 saturated carbocycles. The third kappa shape index (κ3) is 8.83. The number of nitrogens with zero attached hydrogens (tertiary/aromatic N) is 2. The number of sulfonamides is 1. The number of rotatable bonds is 14. The van der Waals surface area contributed by atoms with E-state index in [4.69, 9.17) is 4.74 Å². The predicted molar refractivity (Wildman–Crippen MR) is 189 cm³/mol. The first-order valence-electron chi connectivity index (χ1n) is 16.7. The van der Waals surface area contributed by atoms with E-state index in [2.05, 4.69) is 5.32 Å². The van der Waals surface area contributed by atoms with Crippen molar-refractivity contribution in [3.05, 3.63) is 125 Å². The minimum Gasteiger partial charge on any atom is -0.494 e. The van der Waals surface area contributed by atoms with Crippen molar-refractivity contribution in [3.8, 4) is 5.75 Å². The van der Waals surface area contributed by atoms with Gasteiger partial charge in [-0.1, -0.05) is 90.7 Å². The second kappa shape index (κ2) is 16.0. The summed E-state index contributed by atoms with van der Waals surface area (Å²) in [6, 6.07) is 29.9. The number of hydrogen-bond acceptors (Lipinski definition) is 5. The van der Waals surface area contributed by atoms with Gasteiger partial charge in [-0.3, -0.25) is 13.9 Å². The van der Waals surface area contributed by atoms with Crippen LogP contribution in [0.5, 0.6) is 5.75 Å². The number of carbonyl (C=O) groups is 2. The third-order valence-electron chi connectivity index (χ3n) is 8.77. The molecule has 48 heavy (non-hydrogen) atoms. The van der Waals surface area contributed by atoms with Gasteiger partial charge in [-0.2, -0.15) is 0 Å². The Hall–Kier alpha value is -4.63. The number of nitrogens with one attached hydrogen (secondary N) is 1. The van der Waals surface area contributed by atoms with Crippen molar-refractivity contribution in [1.29, 1.82) is 0 Å². The summed E-state index contributed by atoms with van der Waals surface area (Å²) >= 11 is 0. The van der Waals surface area contributed by atoms with Gasteiger partial charge in [-0.05, 0) is 81.1 Å². The second-order valence-corrected chi connectivity index (χ2v) is 14.3. The van der Waals surface area contributed by atoms with E-state index < -0.39 is 28.5 Å². The van der Waals surface area contributed by atoms with Crippen LogP contribution in [0.25, 0.3) is 0 Å². The summed E-state index contributed by atoms with van der Waals surface area (Å²) in [6.45, 7) is 5.86. The van der Waals surface area contributed by atoms with Crippen LogP contribution in [0, 0.1) is 13.8 Å². The van der Waals surface area contributed by atoms with Crippen LogP contribution in [0.1, 0.15) is 54.9 Å². The smallest absolute Gasteiger partial charge is 0.264 e. The van der Waals surface area contributed by atoms with Gasteiger partial charge in [0.25, 0.3) is 10.0 Å². The van der Waals surface area contributed by atoms with Crippen molar-refractivity contribution in [2.75, 3.05) is 17.5 Å². The van der Waals surface area contributed by atoms with Gasteiger partial charge in [0.05, 0.1) is 17.2 Å². The van der Waals surface area contributed by atoms with Gasteiger partial charge < -0.3 is 15.0 Å². The number of carbonyl (C=O) groups excluding carboxylic acids is 2. The first-order chi connectivity index (χ1) is 23.1. The fourth-order valence-electron chi connectivity index (χ4n) is 6.05. The van der Waals surface area contributed by atoms with E-state index in [0.29, 0.717) is 18.0 Å². The summed E-state index contributed by atoms with van der Waals surface area (Å²) in [5.41, 5.74) is 4.13. The van der Waals surface area contributed by atoms with Crippen molar-refractivity contribution >= 4 is 27.5 Å². The molecule has 4 aromatic carbocycles. The number of amides is 2. The van der Waals surface area contributed by atoms with E-state index in [1.54, 1.807) is 29.2 Å². The van der Waals surface area contributed by atoms with Crippen molar-refractivity contribution in [3.63, 3.8) is 0 Å². The zero-order valence-corrected chi connectivity index (χ0v) is 28.8. The lowest BCUT2D eigenvalue weighted by Crippen LogP contribution is -2.54. The molecular formula is C39H45N3O5S. The van der Waals surface area contributed by atoms with Crippen LogP contribution in [0.2, 0.25) is 0 Å². The van der Waals surface area contributed by atoms with Gasteiger partial charge in [0.15, 0.2) is 0 Å². The van der Waals surface area contributed by atoms with E-state index in [0.717, 1.165) is 52.2 Å². The predicted octanol–water partition coefficient (Wildman–Crippen LogP) is 6.60. The molecule has 0 aliphatic heterocycles. The highest BCUT2D eigenvalue weighted by Crippen LogP contribution is 2.27. The molecular weight excluding hydrogens is 623 g/mol. The highest BCUT2D eigenvalue weighted by molar-refractivity contribution is 7.92. The Kier molecular flexibility index (Phi) is 11.5. The summed E-state index contributed by atoms with van der Waals surface area (Å²) < 4.78 is 35.3. The normalized spacial score (nSPS) is 13.9. The molecule has 1 fully saturated rings. The molecule has 1 aliphatic carbocycles. The van der Waals surface area contributed by atoms with Gasteiger partial charge in [0.2, 0.25) is 11.8 Å². The molecule has 9 heteroatoms. The minimum atomic E-state index is -4.20. The van der Waals surface area contributed by atoms with E-state index in [9.17, 15) is 18.0 Å². The van der Waals surface area contributed by atoms with Crippen molar-refractivity contribution in [2.24, 2.45) is 0 Å². The monoisotopic (exact) mass is 667 g/mol. The van der Waals surface area contributed by atoms with Crippen LogP contribution in [0.15, 0.2) is 108 Å². The largest absolute Gasteiger partial charge is 0.494 e. The molecule has 0 saturated heterocycles. The Labute approximate surface area is 284 Å². The van der Waals surface area contributed by atoms with Crippen molar-refractivity contribution < 1.29 is 22.7 Å². The zero-order chi connectivity index (χ0) is 34.1. The SMILES string of the molecule is CCOc1ccc(S(=O)(=O)N(CC(=O)N(Cc2ccc(C)cc2)C(Cc2ccccc2)C(=O)NC2CCCC2)c2ccc(C)cc2)cc1. The van der Waals surface area contributed by atoms with Gasteiger partial charge in [-0.15, -0.1) is 0 Å². The first-order valence-corrected chi connectivity index (χ1v) is 18.1. The van der Waals surface area contributed by atoms with Crippen LogP contribution < -0.4 is 14.4 Å². The topological polar surface area (TPSA) is 96.0 Å². The molecule has 0 bridgehead atoms. The lowest BCUT2D eigenvalue weighted by Gasteiger charge is -2.34. The van der Waals surface area contributed by atoms with E-state index in [1.165, 1.54) is 12.1 Å². The highest BCUT2D eigenvalue weighted by Gasteiger charge is 2.35. The second-order valence-electron chi connectivity index (χ2n) is 12.5. The lowest BCUT2D eigenvalue weighted by molar-refractivity contribution is -0.140. The van der Waals surface area contributed by atoms with E-state index >= 15 is 0 Å². The Balaban J connectivity index is 1.55. The first kappa shape index (κ1) is 34.7. The molecule has 2 amide bonds. The number of aryl methyl sites for hydroxylation is 2. The molecule has 0 heterocycles. The van der Waals surface area contributed by atoms with Crippen LogP contribution in [-0.4, -0.2) is 50.4 Å². The quantitative estimate of drug-likeness (QED) is 0.164. The van der Waals surface area contributed by atoms with Gasteiger partial charge in [0, 0.05) is 19.0 Å². The van der Waals surface area contributed by atoms with Crippen LogP contribution in [0.4, 0.5) is 5.69 Å². The van der Waals surface area contributed by atoms with Gasteiger partial charge >= 0.3 is 0 Å². The summed E-state index contributed by atoms with van der Waals surface area (Å²) in [6.07, 6.45) is 4.19. The van der Waals surface area contributed by atoms with Crippen molar-refractivity contribution in [1.82, 2.24) is 10.2 Å². The Morgan fingerprint density at radius 1 is 0.812 bits per heavy atom. The fourth-order valence-corrected chi connectivity index (χ4v) is 7.47. The molecule has 8 nitrogen and oxygen atoms in total. The standard InChI is InChI=1S/C39H45N3O5S/c1-4-47-35-22-24-36(25-23-35)48(45,46)42(34-20-16-30(3)17-21-34)28-38(43)41(27-32-18-14-29(2)15-19-32)37(26-31-10-6-5-7-11-31)39(44)40-33-12-8-9-13-33/h5-7,10-11,14-25,33,37H,4,8-9,12-13,26-28H2,1-3H3,(H,40,44). The maximum absolute atomic E-state index is 14.7. The third-order valence-corrected chi connectivity index (χ3v) is 10.6. The number of benzene rings is 4. The molecule has 0 radical (unpaired) electrons. The summed E-state index contributed by atoms with van der Waals surface area (Å²) in [5, 5.41) is 3.22. The van der Waals surface area contributed by atoms with Gasteiger partial charge in [0.1, 0.15) is 18.3 Å². The average molecular weight is 668 g/mol. The average Bonchev–Trinajstić information content (AvgIpc) is 3.60. The van der Waals surface area contributed by atoms with Gasteiger partial charge in [-0.25, -0.2) is 8.42 Å². The van der Waals surface area contributed by atoms with E-state index in [-0.39, 0.29) is 29.8 Å². The van der Waals surface area contributed by atoms with Crippen molar-refractivity contribution in [2.45, 2.75) is 76.4 Å². The molecule has 1 aliphatic rings. The fraction of sp³-hybridized carbons (Fsp3) is 0.333.